The molecule has 3 aliphatic rings. The first kappa shape index (κ1) is 25.7. The molecule has 36 heavy (non-hydrogen) atoms. The summed E-state index contributed by atoms with van der Waals surface area (Å²) >= 11 is 0. The van der Waals surface area contributed by atoms with Gasteiger partial charge in [0.1, 0.15) is 29.5 Å². The molecule has 0 unspecified atom stereocenters. The molecule has 4 rings (SSSR count). The summed E-state index contributed by atoms with van der Waals surface area (Å²) < 4.78 is 16.1. The molecule has 0 aromatic heterocycles. The predicted octanol–water partition coefficient (Wildman–Crippen LogP) is 2.43. The Morgan fingerprint density at radius 2 is 1.94 bits per heavy atom. The Labute approximate surface area is 209 Å². The van der Waals surface area contributed by atoms with E-state index < -0.39 is 24.9 Å². The molecule has 2 amide bonds. The maximum absolute atomic E-state index is 12.8. The number of amides is 2. The molecule has 1 aliphatic carbocycles. The zero-order chi connectivity index (χ0) is 25.8. The van der Waals surface area contributed by atoms with Crippen LogP contribution < -0.4 is 15.7 Å². The van der Waals surface area contributed by atoms with Gasteiger partial charge in [0.2, 0.25) is 0 Å². The van der Waals surface area contributed by atoms with E-state index in [1.807, 2.05) is 0 Å². The lowest BCUT2D eigenvalue weighted by molar-refractivity contribution is -0.137. The molecular formula is C25H31BN2O8. The molecule has 0 spiro atoms. The summed E-state index contributed by atoms with van der Waals surface area (Å²) in [6.45, 7) is 1.58. The molecule has 0 saturated heterocycles. The first-order valence-electron chi connectivity index (χ1n) is 12.3. The second kappa shape index (κ2) is 11.2. The quantitative estimate of drug-likeness (QED) is 0.365. The van der Waals surface area contributed by atoms with Crippen LogP contribution in [0.25, 0.3) is 0 Å². The Balaban J connectivity index is 1.31. The Hall–Kier alpha value is -3.34. The van der Waals surface area contributed by atoms with Crippen molar-refractivity contribution >= 4 is 30.9 Å². The molecule has 4 N–H and O–H groups in total. The number of para-hydroxylation sites is 1. The smallest absolute Gasteiger partial charge is 0.526 e. The highest BCUT2D eigenvalue weighted by Crippen LogP contribution is 2.37. The molecule has 1 fully saturated rings. The zero-order valence-electron chi connectivity index (χ0n) is 20.3. The summed E-state index contributed by atoms with van der Waals surface area (Å²) in [7, 11) is -1.23. The summed E-state index contributed by atoms with van der Waals surface area (Å²) in [6, 6.07) is 4.59. The Morgan fingerprint density at radius 3 is 2.61 bits per heavy atom. The van der Waals surface area contributed by atoms with Crippen LogP contribution in [0.3, 0.4) is 0 Å². The molecule has 0 radical (unpaired) electrons. The van der Waals surface area contributed by atoms with Crippen molar-refractivity contribution < 1.29 is 38.3 Å². The minimum atomic E-state index is -1.23. The number of primary amides is 1. The van der Waals surface area contributed by atoms with Crippen LogP contribution in [0.2, 0.25) is 5.82 Å². The number of carbonyl (C=O) groups is 4. The van der Waals surface area contributed by atoms with Gasteiger partial charge in [-0.25, -0.2) is 9.59 Å². The largest absolute Gasteiger partial charge is 0.535 e. The molecule has 1 aromatic rings. The Kier molecular flexibility index (Phi) is 7.98. The van der Waals surface area contributed by atoms with Crippen molar-refractivity contribution in [1.29, 1.82) is 0 Å². The van der Waals surface area contributed by atoms with Crippen LogP contribution in [0.1, 0.15) is 67.8 Å². The van der Waals surface area contributed by atoms with Gasteiger partial charge in [-0.15, -0.1) is 0 Å². The minimum Gasteiger partial charge on any atom is -0.535 e. The third-order valence-corrected chi connectivity index (χ3v) is 7.10. The summed E-state index contributed by atoms with van der Waals surface area (Å²) in [4.78, 5) is 47.9. The third-order valence-electron chi connectivity index (χ3n) is 7.10. The van der Waals surface area contributed by atoms with Gasteiger partial charge in [-0.05, 0) is 62.1 Å². The van der Waals surface area contributed by atoms with E-state index in [9.17, 15) is 24.2 Å². The number of benzene rings is 1. The highest BCUT2D eigenvalue weighted by Gasteiger charge is 2.38. The van der Waals surface area contributed by atoms with Gasteiger partial charge in [0.25, 0.3) is 0 Å². The average molecular weight is 498 g/mol. The fourth-order valence-electron chi connectivity index (χ4n) is 5.17. The van der Waals surface area contributed by atoms with E-state index in [0.29, 0.717) is 24.2 Å². The number of fused-ring (bicyclic) bond motifs is 1. The molecule has 0 bridgehead atoms. The number of carbonyl (C=O) groups excluding carboxylic acids is 4. The van der Waals surface area contributed by atoms with Gasteiger partial charge in [-0.3, -0.25) is 9.59 Å². The normalized spacial score (nSPS) is 23.4. The summed E-state index contributed by atoms with van der Waals surface area (Å²) in [6.07, 6.45) is 4.42. The van der Waals surface area contributed by atoms with Crippen molar-refractivity contribution in [2.45, 2.75) is 70.1 Å². The van der Waals surface area contributed by atoms with Crippen LogP contribution in [0, 0.1) is 5.92 Å². The predicted molar refractivity (Wildman–Crippen MR) is 129 cm³/mol. The molecule has 1 saturated carbocycles. The van der Waals surface area contributed by atoms with Gasteiger partial charge in [-0.1, -0.05) is 12.1 Å². The van der Waals surface area contributed by atoms with Crippen LogP contribution in [-0.4, -0.2) is 48.5 Å². The maximum Gasteiger partial charge on any atom is 0.526 e. The molecule has 192 valence electrons. The molecule has 2 aliphatic heterocycles. The Morgan fingerprint density at radius 1 is 1.19 bits per heavy atom. The van der Waals surface area contributed by atoms with Crippen LogP contribution in [-0.2, 0) is 25.5 Å². The monoisotopic (exact) mass is 498 g/mol. The van der Waals surface area contributed by atoms with Gasteiger partial charge >= 0.3 is 25.1 Å². The highest BCUT2D eigenvalue weighted by atomic mass is 16.6. The number of hydrogen-bond donors (Lipinski definition) is 3. The number of hydrogen-bond acceptors (Lipinski definition) is 8. The van der Waals surface area contributed by atoms with E-state index in [1.165, 1.54) is 0 Å². The fourth-order valence-corrected chi connectivity index (χ4v) is 5.17. The SMILES string of the molecule is CC1=C(COC(=O)c2cccc3c2OB(O)[C@@H](CC(=O)CC2CCC(NC(N)=O)CC2)C3)OC(=O)C1. The first-order valence-corrected chi connectivity index (χ1v) is 12.3. The van der Waals surface area contributed by atoms with Crippen LogP contribution in [0.15, 0.2) is 29.5 Å². The van der Waals surface area contributed by atoms with E-state index in [-0.39, 0.29) is 54.5 Å². The number of ketones is 1. The first-order chi connectivity index (χ1) is 17.2. The number of ether oxygens (including phenoxy) is 2. The molecule has 1 aromatic carbocycles. The second-order valence-corrected chi connectivity index (χ2v) is 9.87. The highest BCUT2D eigenvalue weighted by molar-refractivity contribution is 6.47. The van der Waals surface area contributed by atoms with Crippen molar-refractivity contribution in [1.82, 2.24) is 5.32 Å². The molecule has 1 atom stereocenters. The van der Waals surface area contributed by atoms with Crippen molar-refractivity contribution in [3.8, 4) is 5.75 Å². The number of urea groups is 1. The van der Waals surface area contributed by atoms with Gasteiger partial charge in [0.15, 0.2) is 0 Å². The maximum atomic E-state index is 12.8. The van der Waals surface area contributed by atoms with E-state index in [0.717, 1.165) is 31.3 Å². The average Bonchev–Trinajstić information content (AvgIpc) is 3.15. The number of rotatable bonds is 8. The van der Waals surface area contributed by atoms with Gasteiger partial charge in [0.05, 0.1) is 6.42 Å². The summed E-state index contributed by atoms with van der Waals surface area (Å²) in [5.74, 6) is -0.577. The van der Waals surface area contributed by atoms with E-state index in [2.05, 4.69) is 5.32 Å². The molecule has 10 nitrogen and oxygen atoms in total. The lowest BCUT2D eigenvalue weighted by atomic mass is 9.64. The number of nitrogens with two attached hydrogens (primary N) is 1. The number of nitrogens with one attached hydrogen (secondary N) is 1. The van der Waals surface area contributed by atoms with Crippen molar-refractivity contribution in [2.24, 2.45) is 11.7 Å². The van der Waals surface area contributed by atoms with Gasteiger partial charge in [-0.2, -0.15) is 0 Å². The molecule has 11 heteroatoms. The fraction of sp³-hybridized carbons (Fsp3) is 0.520. The van der Waals surface area contributed by atoms with Crippen LogP contribution in [0.5, 0.6) is 5.75 Å². The standard InChI is InChI=1S/C25H31BN2O8/c1-14-9-22(30)35-21(14)13-34-24(31)20-4-2-3-16-11-17(26(33)36-23(16)20)12-19(29)10-15-5-7-18(8-6-15)28-25(27)32/h2-4,15,17-18,33H,5-13H2,1H3,(H3,27,28,32)/t15?,17-,18?/m1/s1. The second-order valence-electron chi connectivity index (χ2n) is 9.87. The lowest BCUT2D eigenvalue weighted by Gasteiger charge is -2.30. The molecule has 2 heterocycles. The summed E-state index contributed by atoms with van der Waals surface area (Å²) in [5, 5.41) is 13.3. The minimum absolute atomic E-state index is 0.0581. The van der Waals surface area contributed by atoms with Gasteiger partial charge < -0.3 is 30.2 Å². The van der Waals surface area contributed by atoms with E-state index in [1.54, 1.807) is 25.1 Å². The van der Waals surface area contributed by atoms with E-state index in [4.69, 9.17) is 19.9 Å². The third kappa shape index (κ3) is 6.26. The van der Waals surface area contributed by atoms with Crippen LogP contribution in [0.4, 0.5) is 4.79 Å². The molecular weight excluding hydrogens is 467 g/mol. The van der Waals surface area contributed by atoms with Crippen molar-refractivity contribution in [3.63, 3.8) is 0 Å². The number of cyclic esters (lactones) is 1. The topological polar surface area (TPSA) is 154 Å². The Bertz CT molecular complexity index is 1080. The van der Waals surface area contributed by atoms with E-state index >= 15 is 0 Å². The number of Topliss-reactive ketones (excluding diaryl/α,β-unsaturated/α-hetero) is 1. The van der Waals surface area contributed by atoms with Crippen molar-refractivity contribution in [3.05, 3.63) is 40.7 Å². The summed E-state index contributed by atoms with van der Waals surface area (Å²) in [5.41, 5.74) is 6.79. The van der Waals surface area contributed by atoms with Crippen molar-refractivity contribution in [2.75, 3.05) is 6.61 Å². The zero-order valence-corrected chi connectivity index (χ0v) is 20.3. The lowest BCUT2D eigenvalue weighted by Crippen LogP contribution is -2.41. The van der Waals surface area contributed by atoms with Gasteiger partial charge in [0, 0.05) is 24.7 Å². The van der Waals surface area contributed by atoms with Crippen LogP contribution >= 0.6 is 0 Å². The number of esters is 2.